The van der Waals surface area contributed by atoms with Gasteiger partial charge < -0.3 is 24.3 Å². The number of rotatable bonds is 14. The molecule has 0 unspecified atom stereocenters. The number of hydrogen-bond donors (Lipinski definition) is 1. The SMILES string of the molecule is CCCCCN(COC(C)(C)C)c1nc(NCCC(C)C)c2ncn(CC(=O)OCC)c2n1. The summed E-state index contributed by atoms with van der Waals surface area (Å²) in [4.78, 5) is 28.4. The lowest BCUT2D eigenvalue weighted by Crippen LogP contribution is -2.34. The van der Waals surface area contributed by atoms with E-state index in [9.17, 15) is 4.79 Å². The number of nitrogens with one attached hydrogen (secondary N) is 1. The fourth-order valence-corrected chi connectivity index (χ4v) is 3.18. The Balaban J connectivity index is 2.43. The zero-order chi connectivity index (χ0) is 24.4. The Morgan fingerprint density at radius 1 is 1.21 bits per heavy atom. The maximum absolute atomic E-state index is 12.1. The van der Waals surface area contributed by atoms with Crippen molar-refractivity contribution in [3.63, 3.8) is 0 Å². The highest BCUT2D eigenvalue weighted by Crippen LogP contribution is 2.24. The number of carbonyl (C=O) groups is 1. The number of ether oxygens (including phenoxy) is 2. The Labute approximate surface area is 198 Å². The molecule has 0 spiro atoms. The largest absolute Gasteiger partial charge is 0.465 e. The minimum Gasteiger partial charge on any atom is -0.465 e. The van der Waals surface area contributed by atoms with Crippen molar-refractivity contribution in [3.8, 4) is 0 Å². The number of hydrogen-bond acceptors (Lipinski definition) is 8. The molecule has 0 aliphatic carbocycles. The number of anilines is 2. The van der Waals surface area contributed by atoms with Crippen molar-refractivity contribution in [1.29, 1.82) is 0 Å². The Morgan fingerprint density at radius 2 is 1.97 bits per heavy atom. The lowest BCUT2D eigenvalue weighted by atomic mass is 10.1. The predicted octanol–water partition coefficient (Wildman–Crippen LogP) is 4.62. The van der Waals surface area contributed by atoms with E-state index in [0.717, 1.165) is 38.8 Å². The van der Waals surface area contributed by atoms with Gasteiger partial charge in [-0.05, 0) is 46.5 Å². The van der Waals surface area contributed by atoms with Crippen LogP contribution in [-0.4, -0.2) is 57.5 Å². The van der Waals surface area contributed by atoms with Crippen molar-refractivity contribution in [2.75, 3.05) is 36.6 Å². The van der Waals surface area contributed by atoms with Crippen LogP contribution in [-0.2, 0) is 20.8 Å². The number of fused-ring (bicyclic) bond motifs is 1. The number of aromatic nitrogens is 4. The van der Waals surface area contributed by atoms with E-state index >= 15 is 0 Å². The topological polar surface area (TPSA) is 94.4 Å². The molecular formula is C24H42N6O3. The molecule has 0 bridgehead atoms. The van der Waals surface area contributed by atoms with Gasteiger partial charge in [0.15, 0.2) is 17.0 Å². The Morgan fingerprint density at radius 3 is 2.61 bits per heavy atom. The summed E-state index contributed by atoms with van der Waals surface area (Å²) in [5, 5.41) is 3.44. The van der Waals surface area contributed by atoms with Gasteiger partial charge in [-0.15, -0.1) is 0 Å². The predicted molar refractivity (Wildman–Crippen MR) is 132 cm³/mol. The quantitative estimate of drug-likeness (QED) is 0.247. The minimum absolute atomic E-state index is 0.0561. The normalized spacial score (nSPS) is 11.9. The van der Waals surface area contributed by atoms with E-state index < -0.39 is 0 Å². The summed E-state index contributed by atoms with van der Waals surface area (Å²) in [6.07, 6.45) is 5.90. The van der Waals surface area contributed by atoms with E-state index in [0.29, 0.717) is 42.2 Å². The van der Waals surface area contributed by atoms with Crippen molar-refractivity contribution in [1.82, 2.24) is 19.5 Å². The van der Waals surface area contributed by atoms with Crippen LogP contribution in [0.4, 0.5) is 11.8 Å². The summed E-state index contributed by atoms with van der Waals surface area (Å²) in [6.45, 7) is 16.8. The minimum atomic E-state index is -0.317. The molecule has 33 heavy (non-hydrogen) atoms. The molecule has 2 rings (SSSR count). The highest BCUT2D eigenvalue weighted by atomic mass is 16.5. The standard InChI is InChI=1S/C24H42N6O3/c1-8-10-11-14-29(17-33-24(5,6)7)23-27-21(25-13-12-18(3)4)20-22(28-23)30(16-26-20)15-19(31)32-9-2/h16,18H,8-15,17H2,1-7H3,(H,25,27,28). The van der Waals surface area contributed by atoms with Gasteiger partial charge in [-0.2, -0.15) is 9.97 Å². The van der Waals surface area contributed by atoms with E-state index in [1.54, 1.807) is 17.8 Å². The average Bonchev–Trinajstić information content (AvgIpc) is 3.12. The van der Waals surface area contributed by atoms with Crippen LogP contribution in [0.2, 0.25) is 0 Å². The molecule has 0 fully saturated rings. The van der Waals surface area contributed by atoms with Crippen LogP contribution in [0.3, 0.4) is 0 Å². The maximum Gasteiger partial charge on any atom is 0.326 e. The Kier molecular flexibility index (Phi) is 10.3. The van der Waals surface area contributed by atoms with Crippen molar-refractivity contribution in [2.24, 2.45) is 5.92 Å². The molecule has 2 aromatic heterocycles. The van der Waals surface area contributed by atoms with Crippen LogP contribution in [0, 0.1) is 5.92 Å². The van der Waals surface area contributed by atoms with Gasteiger partial charge in [0, 0.05) is 13.1 Å². The number of carbonyl (C=O) groups excluding carboxylic acids is 1. The third-order valence-electron chi connectivity index (χ3n) is 5.04. The van der Waals surface area contributed by atoms with Crippen molar-refractivity contribution in [3.05, 3.63) is 6.33 Å². The van der Waals surface area contributed by atoms with Crippen LogP contribution in [0.5, 0.6) is 0 Å². The molecule has 9 nitrogen and oxygen atoms in total. The molecule has 0 radical (unpaired) electrons. The van der Waals surface area contributed by atoms with E-state index in [4.69, 9.17) is 19.4 Å². The van der Waals surface area contributed by atoms with Crippen LogP contribution >= 0.6 is 0 Å². The first-order chi connectivity index (χ1) is 15.6. The molecule has 0 atom stereocenters. The molecule has 0 aromatic carbocycles. The average molecular weight is 463 g/mol. The molecule has 0 saturated heterocycles. The van der Waals surface area contributed by atoms with E-state index in [1.807, 2.05) is 20.8 Å². The lowest BCUT2D eigenvalue weighted by Gasteiger charge is -2.28. The van der Waals surface area contributed by atoms with Gasteiger partial charge >= 0.3 is 5.97 Å². The Hall–Kier alpha value is -2.42. The summed E-state index contributed by atoms with van der Waals surface area (Å²) in [7, 11) is 0. The summed E-state index contributed by atoms with van der Waals surface area (Å²) in [6, 6.07) is 0. The first-order valence-electron chi connectivity index (χ1n) is 12.2. The van der Waals surface area contributed by atoms with Crippen LogP contribution < -0.4 is 10.2 Å². The van der Waals surface area contributed by atoms with Crippen LogP contribution in [0.25, 0.3) is 11.2 Å². The second kappa shape index (κ2) is 12.7. The van der Waals surface area contributed by atoms with E-state index in [1.165, 1.54) is 0 Å². The molecule has 0 aliphatic heterocycles. The molecule has 0 aliphatic rings. The lowest BCUT2D eigenvalue weighted by molar-refractivity contribution is -0.143. The van der Waals surface area contributed by atoms with Crippen LogP contribution in [0.1, 0.15) is 74.1 Å². The molecule has 2 heterocycles. The monoisotopic (exact) mass is 462 g/mol. The molecule has 9 heteroatoms. The molecular weight excluding hydrogens is 420 g/mol. The molecule has 186 valence electrons. The zero-order valence-corrected chi connectivity index (χ0v) is 21.5. The molecule has 0 amide bonds. The first-order valence-corrected chi connectivity index (χ1v) is 12.2. The summed E-state index contributed by atoms with van der Waals surface area (Å²) < 4.78 is 12.9. The van der Waals surface area contributed by atoms with Gasteiger partial charge in [0.05, 0.1) is 18.5 Å². The second-order valence-electron chi connectivity index (χ2n) is 9.69. The van der Waals surface area contributed by atoms with Gasteiger partial charge in [-0.25, -0.2) is 4.98 Å². The van der Waals surface area contributed by atoms with E-state index in [2.05, 4.69) is 36.0 Å². The van der Waals surface area contributed by atoms with Gasteiger partial charge in [0.1, 0.15) is 13.3 Å². The molecule has 0 saturated carbocycles. The van der Waals surface area contributed by atoms with Crippen LogP contribution in [0.15, 0.2) is 6.33 Å². The fraction of sp³-hybridized carbons (Fsp3) is 0.750. The van der Waals surface area contributed by atoms with Crippen molar-refractivity contribution >= 4 is 28.9 Å². The number of imidazole rings is 1. The second-order valence-corrected chi connectivity index (χ2v) is 9.69. The van der Waals surface area contributed by atoms with Gasteiger partial charge in [-0.1, -0.05) is 33.6 Å². The maximum atomic E-state index is 12.1. The van der Waals surface area contributed by atoms with Crippen molar-refractivity contribution in [2.45, 2.75) is 86.3 Å². The number of nitrogens with zero attached hydrogens (tertiary/aromatic N) is 5. The van der Waals surface area contributed by atoms with Crippen molar-refractivity contribution < 1.29 is 14.3 Å². The summed E-state index contributed by atoms with van der Waals surface area (Å²) in [5.41, 5.74) is 0.977. The zero-order valence-electron chi connectivity index (χ0n) is 21.5. The van der Waals surface area contributed by atoms with Gasteiger partial charge in [-0.3, -0.25) is 4.79 Å². The highest BCUT2D eigenvalue weighted by molar-refractivity contribution is 5.85. The summed E-state index contributed by atoms with van der Waals surface area (Å²) >= 11 is 0. The number of unbranched alkanes of at least 4 members (excludes halogenated alkanes) is 2. The smallest absolute Gasteiger partial charge is 0.326 e. The third-order valence-corrected chi connectivity index (χ3v) is 5.04. The van der Waals surface area contributed by atoms with Gasteiger partial charge in [0.2, 0.25) is 5.95 Å². The van der Waals surface area contributed by atoms with E-state index in [-0.39, 0.29) is 18.1 Å². The van der Waals surface area contributed by atoms with Gasteiger partial charge in [0.25, 0.3) is 0 Å². The molecule has 1 N–H and O–H groups in total. The third kappa shape index (κ3) is 8.79. The fourth-order valence-electron chi connectivity index (χ4n) is 3.18. The number of esters is 1. The Bertz CT molecular complexity index is 875. The highest BCUT2D eigenvalue weighted by Gasteiger charge is 2.20. The summed E-state index contributed by atoms with van der Waals surface area (Å²) in [5.74, 6) is 1.50. The molecule has 2 aromatic rings. The first kappa shape index (κ1) is 26.8.